The molecule has 0 saturated heterocycles. The Balaban J connectivity index is 2.09. The lowest BCUT2D eigenvalue weighted by Crippen LogP contribution is -2.49. The maximum Gasteiger partial charge on any atom is 0.240 e. The van der Waals surface area contributed by atoms with Crippen LogP contribution in [0.4, 0.5) is 5.69 Å². The van der Waals surface area contributed by atoms with Crippen LogP contribution in [-0.2, 0) is 9.59 Å². The largest absolute Gasteiger partial charge is 0.350 e. The van der Waals surface area contributed by atoms with Gasteiger partial charge in [0.25, 0.3) is 0 Å². The number of azide groups is 1. The molecule has 0 radical (unpaired) electrons. The Kier molecular flexibility index (Phi) is 6.34. The molecule has 1 heterocycles. The van der Waals surface area contributed by atoms with Gasteiger partial charge in [-0.2, -0.15) is 0 Å². The molecule has 0 bridgehead atoms. The molecule has 2 unspecified atom stereocenters. The van der Waals surface area contributed by atoms with Gasteiger partial charge in [0, 0.05) is 27.1 Å². The second-order valence-electron chi connectivity index (χ2n) is 8.35. The van der Waals surface area contributed by atoms with Crippen LogP contribution in [0.5, 0.6) is 0 Å². The van der Waals surface area contributed by atoms with E-state index >= 15 is 0 Å². The van der Waals surface area contributed by atoms with E-state index in [1.54, 1.807) is 6.07 Å². The van der Waals surface area contributed by atoms with Gasteiger partial charge in [-0.1, -0.05) is 47.0 Å². The van der Waals surface area contributed by atoms with Crippen LogP contribution in [0, 0.1) is 0 Å². The van der Waals surface area contributed by atoms with E-state index in [-0.39, 0.29) is 24.8 Å². The highest BCUT2D eigenvalue weighted by Gasteiger charge is 2.36. The van der Waals surface area contributed by atoms with Crippen molar-refractivity contribution in [2.45, 2.75) is 44.7 Å². The minimum Gasteiger partial charge on any atom is -0.350 e. The van der Waals surface area contributed by atoms with Crippen LogP contribution in [-0.4, -0.2) is 29.9 Å². The highest BCUT2D eigenvalue weighted by Crippen LogP contribution is 2.40. The van der Waals surface area contributed by atoms with Gasteiger partial charge in [-0.05, 0) is 62.0 Å². The zero-order valence-corrected chi connectivity index (χ0v) is 17.9. The van der Waals surface area contributed by atoms with E-state index in [9.17, 15) is 9.59 Å². The first-order valence-electron chi connectivity index (χ1n) is 9.70. The third-order valence-corrected chi connectivity index (χ3v) is 5.11. The van der Waals surface area contributed by atoms with Crippen molar-refractivity contribution in [2.75, 3.05) is 11.4 Å². The van der Waals surface area contributed by atoms with Gasteiger partial charge < -0.3 is 10.2 Å². The summed E-state index contributed by atoms with van der Waals surface area (Å²) in [6.07, 6.45) is 0.289. The first-order chi connectivity index (χ1) is 14.2. The van der Waals surface area contributed by atoms with Crippen molar-refractivity contribution in [3.63, 3.8) is 0 Å². The van der Waals surface area contributed by atoms with E-state index in [1.165, 1.54) is 4.90 Å². The second kappa shape index (κ2) is 8.78. The van der Waals surface area contributed by atoms with Crippen molar-refractivity contribution in [3.05, 3.63) is 75.1 Å². The summed E-state index contributed by atoms with van der Waals surface area (Å²) in [6.45, 7) is 5.47. The molecule has 0 fully saturated rings. The van der Waals surface area contributed by atoms with Crippen molar-refractivity contribution in [3.8, 4) is 0 Å². The van der Waals surface area contributed by atoms with Crippen LogP contribution < -0.4 is 10.2 Å². The lowest BCUT2D eigenvalue weighted by atomic mass is 9.86. The second-order valence-corrected chi connectivity index (χ2v) is 8.78. The Hall–Kier alpha value is -3.02. The quantitative estimate of drug-likeness (QED) is 0.432. The average Bonchev–Trinajstić information content (AvgIpc) is 2.77. The van der Waals surface area contributed by atoms with Crippen molar-refractivity contribution < 1.29 is 9.59 Å². The van der Waals surface area contributed by atoms with E-state index in [2.05, 4.69) is 15.3 Å². The molecule has 8 heteroatoms. The molecule has 3 rings (SSSR count). The molecule has 1 aliphatic heterocycles. The number of benzene rings is 2. The average molecular weight is 426 g/mol. The lowest BCUT2D eigenvalue weighted by molar-refractivity contribution is -0.125. The Labute approximate surface area is 180 Å². The number of nitrogens with zero attached hydrogens (tertiary/aromatic N) is 4. The number of hydrogen-bond donors (Lipinski definition) is 1. The molecule has 7 nitrogen and oxygen atoms in total. The molecule has 156 valence electrons. The first-order valence-corrected chi connectivity index (χ1v) is 10.1. The van der Waals surface area contributed by atoms with Gasteiger partial charge >= 0.3 is 0 Å². The first kappa shape index (κ1) is 21.7. The van der Waals surface area contributed by atoms with Crippen LogP contribution >= 0.6 is 11.6 Å². The number of carbonyl (C=O) groups excluding carboxylic acids is 2. The molecule has 0 saturated carbocycles. The van der Waals surface area contributed by atoms with Crippen molar-refractivity contribution in [1.82, 2.24) is 5.32 Å². The third-order valence-electron chi connectivity index (χ3n) is 4.87. The van der Waals surface area contributed by atoms with Gasteiger partial charge in [-0.25, -0.2) is 0 Å². The SMILES string of the molecule is CC(C)(C)NC(=O)CN1C(=O)C(N=[N+]=[N-])CC(c2cccc(Cl)c2)c2ccccc21. The van der Waals surface area contributed by atoms with Crippen LogP contribution in [0.1, 0.15) is 44.2 Å². The van der Waals surface area contributed by atoms with Crippen LogP contribution in [0.15, 0.2) is 53.6 Å². The van der Waals surface area contributed by atoms with Crippen LogP contribution in [0.25, 0.3) is 10.4 Å². The monoisotopic (exact) mass is 425 g/mol. The van der Waals surface area contributed by atoms with Gasteiger partial charge in [-0.15, -0.1) is 0 Å². The van der Waals surface area contributed by atoms with Crippen molar-refractivity contribution in [2.24, 2.45) is 5.11 Å². The minimum absolute atomic E-state index is 0.160. The molecule has 1 N–H and O–H groups in total. The number of rotatable bonds is 4. The van der Waals surface area contributed by atoms with Crippen LogP contribution in [0.2, 0.25) is 5.02 Å². The molecule has 0 aromatic heterocycles. The smallest absolute Gasteiger partial charge is 0.240 e. The Morgan fingerprint density at radius 2 is 2.00 bits per heavy atom. The fraction of sp³-hybridized carbons (Fsp3) is 0.364. The van der Waals surface area contributed by atoms with Gasteiger partial charge in [-0.3, -0.25) is 9.59 Å². The highest BCUT2D eigenvalue weighted by atomic mass is 35.5. The molecule has 0 spiro atoms. The summed E-state index contributed by atoms with van der Waals surface area (Å²) in [6, 6.07) is 13.9. The van der Waals surface area contributed by atoms with Gasteiger partial charge in [0.15, 0.2) is 0 Å². The fourth-order valence-electron chi connectivity index (χ4n) is 3.74. The molecule has 1 aliphatic rings. The maximum absolute atomic E-state index is 13.3. The zero-order chi connectivity index (χ0) is 21.9. The number of halogens is 1. The maximum atomic E-state index is 13.3. The molecule has 2 aromatic carbocycles. The number of hydrogen-bond acceptors (Lipinski definition) is 3. The summed E-state index contributed by atoms with van der Waals surface area (Å²) >= 11 is 6.20. The molecule has 2 amide bonds. The summed E-state index contributed by atoms with van der Waals surface area (Å²) in [5.41, 5.74) is 11.1. The van der Waals surface area contributed by atoms with E-state index in [0.29, 0.717) is 10.7 Å². The summed E-state index contributed by atoms with van der Waals surface area (Å²) in [7, 11) is 0. The number of carbonyl (C=O) groups is 2. The molecular weight excluding hydrogens is 402 g/mol. The normalized spacial score (nSPS) is 18.8. The summed E-state index contributed by atoms with van der Waals surface area (Å²) in [5, 5.41) is 7.23. The van der Waals surface area contributed by atoms with Gasteiger partial charge in [0.1, 0.15) is 12.6 Å². The van der Waals surface area contributed by atoms with E-state index < -0.39 is 17.5 Å². The zero-order valence-electron chi connectivity index (χ0n) is 17.2. The highest BCUT2D eigenvalue weighted by molar-refractivity contribution is 6.30. The van der Waals surface area contributed by atoms with Crippen molar-refractivity contribution >= 4 is 29.1 Å². The van der Waals surface area contributed by atoms with E-state index in [4.69, 9.17) is 17.1 Å². The number of fused-ring (bicyclic) bond motifs is 1. The predicted molar refractivity (Wildman–Crippen MR) is 118 cm³/mol. The summed E-state index contributed by atoms with van der Waals surface area (Å²) < 4.78 is 0. The Bertz CT molecular complexity index is 1010. The Morgan fingerprint density at radius 3 is 2.67 bits per heavy atom. The van der Waals surface area contributed by atoms with Gasteiger partial charge in [0.05, 0.1) is 0 Å². The van der Waals surface area contributed by atoms with Gasteiger partial charge in [0.2, 0.25) is 11.8 Å². The number of anilines is 1. The fourth-order valence-corrected chi connectivity index (χ4v) is 3.94. The molecular formula is C22H24ClN5O2. The van der Waals surface area contributed by atoms with Crippen molar-refractivity contribution in [1.29, 1.82) is 0 Å². The molecule has 0 aliphatic carbocycles. The molecule has 2 atom stereocenters. The third kappa shape index (κ3) is 4.93. The molecule has 2 aromatic rings. The molecule has 30 heavy (non-hydrogen) atoms. The Morgan fingerprint density at radius 1 is 1.27 bits per heavy atom. The summed E-state index contributed by atoms with van der Waals surface area (Å²) in [4.78, 5) is 30.2. The van der Waals surface area contributed by atoms with E-state index in [0.717, 1.165) is 11.1 Å². The van der Waals surface area contributed by atoms with Crippen LogP contribution in [0.3, 0.4) is 0 Å². The minimum atomic E-state index is -0.936. The summed E-state index contributed by atoms with van der Waals surface area (Å²) in [5.74, 6) is -0.893. The number of para-hydroxylation sites is 1. The number of amides is 2. The lowest BCUT2D eigenvalue weighted by Gasteiger charge is -2.27. The standard InChI is InChI=1S/C22H24ClN5O2/c1-22(2,3)25-20(29)13-28-19-10-5-4-9-16(19)17(12-18(21(28)30)26-27-24)14-7-6-8-15(23)11-14/h4-11,17-18H,12-13H2,1-3H3,(H,25,29). The van der Waals surface area contributed by atoms with E-state index in [1.807, 2.05) is 63.2 Å². The number of nitrogens with one attached hydrogen (secondary N) is 1. The predicted octanol–water partition coefficient (Wildman–Crippen LogP) is 4.80. The topological polar surface area (TPSA) is 98.2 Å².